The number of morpholine rings is 1. The van der Waals surface area contributed by atoms with E-state index in [2.05, 4.69) is 25.9 Å². The number of rotatable bonds is 7. The van der Waals surface area contributed by atoms with Gasteiger partial charge in [-0.3, -0.25) is 14.7 Å². The highest BCUT2D eigenvalue weighted by molar-refractivity contribution is 6.36. The van der Waals surface area contributed by atoms with Crippen LogP contribution in [0.3, 0.4) is 0 Å². The van der Waals surface area contributed by atoms with E-state index in [1.54, 1.807) is 35.2 Å². The van der Waals surface area contributed by atoms with Crippen LogP contribution in [0.4, 0.5) is 14.6 Å². The van der Waals surface area contributed by atoms with Crippen LogP contribution in [0, 0.1) is 23.0 Å². The molecule has 232 valence electrons. The van der Waals surface area contributed by atoms with E-state index < -0.39 is 17.7 Å². The molecule has 6 rings (SSSR count). The summed E-state index contributed by atoms with van der Waals surface area (Å²) in [7, 11) is 1.39. The quantitative estimate of drug-likeness (QED) is 0.270. The number of halogens is 3. The number of fused-ring (bicyclic) bond motifs is 2. The number of carbonyl (C=O) groups is 1. The molecule has 0 saturated carbocycles. The number of aromatic nitrogens is 3. The van der Waals surface area contributed by atoms with Gasteiger partial charge in [-0.05, 0) is 11.5 Å². The minimum absolute atomic E-state index is 0.0345. The van der Waals surface area contributed by atoms with Gasteiger partial charge in [0.2, 0.25) is 5.91 Å². The minimum Gasteiger partial charge on any atom is -0.467 e. The summed E-state index contributed by atoms with van der Waals surface area (Å²) in [5.41, 5.74) is 0.236. The molecule has 0 aliphatic carbocycles. The number of methoxy groups -OCH3 is 1. The number of amides is 1. The Labute approximate surface area is 263 Å². The zero-order valence-corrected chi connectivity index (χ0v) is 25.3. The maximum atomic E-state index is 16.3. The van der Waals surface area contributed by atoms with Gasteiger partial charge < -0.3 is 19.3 Å². The maximum absolute atomic E-state index is 16.3. The van der Waals surface area contributed by atoms with Crippen molar-refractivity contribution in [1.82, 2.24) is 24.8 Å². The van der Waals surface area contributed by atoms with Crippen molar-refractivity contribution in [1.29, 1.82) is 5.26 Å². The highest BCUT2D eigenvalue weighted by Gasteiger charge is 2.32. The summed E-state index contributed by atoms with van der Waals surface area (Å²) < 4.78 is 41.4. The van der Waals surface area contributed by atoms with Gasteiger partial charge in [0.1, 0.15) is 22.8 Å². The molecule has 1 amide bonds. The Hall–Kier alpha value is -4.44. The fraction of sp³-hybridized carbons (Fsp3) is 0.344. The molecule has 0 bridgehead atoms. The van der Waals surface area contributed by atoms with Crippen LogP contribution >= 0.6 is 11.6 Å². The predicted octanol–water partition coefficient (Wildman–Crippen LogP) is 4.60. The summed E-state index contributed by atoms with van der Waals surface area (Å²) in [6, 6.07) is 9.64. The lowest BCUT2D eigenvalue weighted by molar-refractivity contribution is -0.128. The number of anilines is 1. The molecule has 2 saturated heterocycles. The van der Waals surface area contributed by atoms with Crippen molar-refractivity contribution in [2.24, 2.45) is 0 Å². The minimum atomic E-state index is -0.741. The molecule has 13 heteroatoms. The lowest BCUT2D eigenvalue weighted by Gasteiger charge is -2.41. The first-order valence-electron chi connectivity index (χ1n) is 14.6. The Morgan fingerprint density at radius 2 is 2.00 bits per heavy atom. The van der Waals surface area contributed by atoms with Crippen LogP contribution in [-0.2, 0) is 9.53 Å². The lowest BCUT2D eigenvalue weighted by atomic mass is 10.0. The van der Waals surface area contributed by atoms with E-state index in [4.69, 9.17) is 21.1 Å². The summed E-state index contributed by atoms with van der Waals surface area (Å²) in [6.07, 6.45) is 4.98. The second kappa shape index (κ2) is 13.3. The highest BCUT2D eigenvalue weighted by atomic mass is 35.5. The van der Waals surface area contributed by atoms with Gasteiger partial charge in [0.25, 0.3) is 0 Å². The first kappa shape index (κ1) is 30.6. The van der Waals surface area contributed by atoms with Crippen LogP contribution < -0.4 is 9.64 Å². The molecule has 0 radical (unpaired) electrons. The molecule has 45 heavy (non-hydrogen) atoms. The summed E-state index contributed by atoms with van der Waals surface area (Å²) in [4.78, 5) is 32.2. The van der Waals surface area contributed by atoms with Crippen LogP contribution in [0.5, 0.6) is 6.01 Å². The molecule has 4 aromatic rings. The smallest absolute Gasteiger partial charge is 0.318 e. The van der Waals surface area contributed by atoms with Crippen molar-refractivity contribution >= 4 is 45.0 Å². The standard InChI is InChI=1S/C32H30ClF2N7O3/c1-44-32-38-30-23(18-37-29(28(30)35)22-5-2-4-20-7-8-24(34)27(33)26(20)22)31(39-32)41-12-13-42(21(19-41)9-10-36)25(43)6-3-11-40-14-16-45-17-15-40/h2-8,18,21H,9,11-17,19H2,1H3/b6-3+/t21-/m0/s1. The number of piperazine rings is 1. The summed E-state index contributed by atoms with van der Waals surface area (Å²) in [5, 5.41) is 10.8. The topological polar surface area (TPSA) is 108 Å². The zero-order valence-electron chi connectivity index (χ0n) is 24.5. The number of pyridine rings is 1. The van der Waals surface area contributed by atoms with Gasteiger partial charge in [-0.15, -0.1) is 0 Å². The van der Waals surface area contributed by atoms with Crippen LogP contribution in [0.15, 0.2) is 48.7 Å². The number of hydrogen-bond acceptors (Lipinski definition) is 9. The van der Waals surface area contributed by atoms with Crippen molar-refractivity contribution in [3.8, 4) is 23.3 Å². The van der Waals surface area contributed by atoms with E-state index in [1.807, 2.05) is 11.0 Å². The van der Waals surface area contributed by atoms with E-state index in [1.165, 1.54) is 19.4 Å². The molecule has 2 aromatic heterocycles. The number of nitrogens with zero attached hydrogens (tertiary/aromatic N) is 7. The predicted molar refractivity (Wildman–Crippen MR) is 166 cm³/mol. The van der Waals surface area contributed by atoms with Crippen molar-refractivity contribution in [3.05, 3.63) is 65.3 Å². The van der Waals surface area contributed by atoms with Gasteiger partial charge in [-0.2, -0.15) is 15.2 Å². The normalized spacial score (nSPS) is 17.7. The second-order valence-corrected chi connectivity index (χ2v) is 11.2. The zero-order chi connectivity index (χ0) is 31.5. The summed E-state index contributed by atoms with van der Waals surface area (Å²) in [6.45, 7) is 4.62. The van der Waals surface area contributed by atoms with E-state index in [9.17, 15) is 14.4 Å². The van der Waals surface area contributed by atoms with E-state index >= 15 is 4.39 Å². The molecule has 2 aliphatic rings. The van der Waals surface area contributed by atoms with Gasteiger partial charge in [0.15, 0.2) is 5.82 Å². The average molecular weight is 634 g/mol. The lowest BCUT2D eigenvalue weighted by Crippen LogP contribution is -2.55. The van der Waals surface area contributed by atoms with Crippen molar-refractivity contribution < 1.29 is 23.0 Å². The Kier molecular flexibility index (Phi) is 9.02. The summed E-state index contributed by atoms with van der Waals surface area (Å²) in [5.74, 6) is -1.16. The Morgan fingerprint density at radius 1 is 1.18 bits per heavy atom. The second-order valence-electron chi connectivity index (χ2n) is 10.8. The van der Waals surface area contributed by atoms with Gasteiger partial charge in [-0.25, -0.2) is 8.78 Å². The monoisotopic (exact) mass is 633 g/mol. The summed E-state index contributed by atoms with van der Waals surface area (Å²) >= 11 is 6.32. The fourth-order valence-electron chi connectivity index (χ4n) is 5.85. The number of ether oxygens (including phenoxy) is 2. The SMILES string of the molecule is COc1nc(N2CCN(C(=O)/C=C/CN3CCOCC3)[C@@H](CC#N)C2)c2cnc(-c3cccc4ccc(F)c(Cl)c34)c(F)c2n1. The molecule has 0 N–H and O–H groups in total. The van der Waals surface area contributed by atoms with E-state index in [0.717, 1.165) is 13.1 Å². The largest absolute Gasteiger partial charge is 0.467 e. The van der Waals surface area contributed by atoms with E-state index in [0.29, 0.717) is 60.4 Å². The molecule has 4 heterocycles. The molecular formula is C32H30ClF2N7O3. The molecule has 1 atom stereocenters. The Balaban J connectivity index is 1.31. The number of hydrogen-bond donors (Lipinski definition) is 0. The van der Waals surface area contributed by atoms with Crippen LogP contribution in [0.2, 0.25) is 5.02 Å². The number of benzene rings is 2. The van der Waals surface area contributed by atoms with Crippen molar-refractivity contribution in [2.75, 3.05) is 64.5 Å². The van der Waals surface area contributed by atoms with Crippen LogP contribution in [-0.4, -0.2) is 96.3 Å². The van der Waals surface area contributed by atoms with Gasteiger partial charge in [-0.1, -0.05) is 41.9 Å². The molecule has 0 spiro atoms. The molecule has 2 aromatic carbocycles. The van der Waals surface area contributed by atoms with Gasteiger partial charge >= 0.3 is 6.01 Å². The van der Waals surface area contributed by atoms with Crippen LogP contribution in [0.1, 0.15) is 6.42 Å². The third-order valence-electron chi connectivity index (χ3n) is 8.14. The van der Waals surface area contributed by atoms with Gasteiger partial charge in [0, 0.05) is 62.5 Å². The average Bonchev–Trinajstić information content (AvgIpc) is 3.06. The maximum Gasteiger partial charge on any atom is 0.318 e. The number of carbonyl (C=O) groups excluding carboxylic acids is 1. The van der Waals surface area contributed by atoms with Crippen molar-refractivity contribution in [3.63, 3.8) is 0 Å². The van der Waals surface area contributed by atoms with Gasteiger partial charge in [0.05, 0.1) is 49.3 Å². The van der Waals surface area contributed by atoms with E-state index in [-0.39, 0.29) is 41.1 Å². The van der Waals surface area contributed by atoms with Crippen molar-refractivity contribution in [2.45, 2.75) is 12.5 Å². The van der Waals surface area contributed by atoms with Crippen LogP contribution in [0.25, 0.3) is 32.9 Å². The molecule has 2 aliphatic heterocycles. The Morgan fingerprint density at radius 3 is 2.78 bits per heavy atom. The third kappa shape index (κ3) is 6.11. The molecule has 10 nitrogen and oxygen atoms in total. The third-order valence-corrected chi connectivity index (χ3v) is 8.51. The molecular weight excluding hydrogens is 604 g/mol. The Bertz CT molecular complexity index is 1830. The fourth-order valence-corrected chi connectivity index (χ4v) is 6.12. The first-order chi connectivity index (χ1) is 21.9. The highest BCUT2D eigenvalue weighted by Crippen LogP contribution is 2.38. The number of nitriles is 1. The molecule has 2 fully saturated rings. The molecule has 0 unspecified atom stereocenters. The first-order valence-corrected chi connectivity index (χ1v) is 14.9.